The molecule has 0 saturated carbocycles. The fraction of sp³-hybridized carbons (Fsp3) is 0.273. The van der Waals surface area contributed by atoms with Gasteiger partial charge in [0.15, 0.2) is 5.82 Å². The Morgan fingerprint density at radius 3 is 2.74 bits per heavy atom. The summed E-state index contributed by atoms with van der Waals surface area (Å²) in [4.78, 5) is 27.2. The molecule has 160 valence electrons. The molecule has 4 rings (SSSR count). The number of fused-ring (bicyclic) bond motifs is 3. The first-order valence-corrected chi connectivity index (χ1v) is 10.4. The number of nitrogens with one attached hydrogen (secondary N) is 1. The highest BCUT2D eigenvalue weighted by Gasteiger charge is 2.18. The third kappa shape index (κ3) is 4.04. The zero-order chi connectivity index (χ0) is 22.1. The van der Waals surface area contributed by atoms with Gasteiger partial charge in [0.05, 0.1) is 24.0 Å². The maximum absolute atomic E-state index is 12.7. The maximum Gasteiger partial charge on any atom is 0.262 e. The number of likely N-dealkylation sites (N-methyl/N-ethyl adjacent to an activating group) is 1. The molecule has 4 aromatic rings. The number of aryl methyl sites for hydroxylation is 2. The minimum Gasteiger partial charge on any atom is -0.325 e. The largest absolute Gasteiger partial charge is 0.325 e. The molecule has 31 heavy (non-hydrogen) atoms. The number of aromatic nitrogens is 4. The van der Waals surface area contributed by atoms with Gasteiger partial charge in [-0.05, 0) is 43.3 Å². The van der Waals surface area contributed by atoms with Crippen molar-refractivity contribution in [3.05, 3.63) is 69.2 Å². The summed E-state index contributed by atoms with van der Waals surface area (Å²) in [6.07, 6.45) is 0. The Hall–Kier alpha value is -3.23. The number of amides is 1. The van der Waals surface area contributed by atoms with Gasteiger partial charge in [-0.2, -0.15) is 0 Å². The van der Waals surface area contributed by atoms with Crippen LogP contribution in [0.15, 0.2) is 47.3 Å². The molecule has 0 spiro atoms. The van der Waals surface area contributed by atoms with Crippen LogP contribution in [0.25, 0.3) is 16.7 Å². The maximum atomic E-state index is 12.7. The van der Waals surface area contributed by atoms with Gasteiger partial charge in [-0.3, -0.25) is 23.5 Å². The number of hydrogen-bond donors (Lipinski definition) is 1. The van der Waals surface area contributed by atoms with Crippen molar-refractivity contribution < 1.29 is 4.79 Å². The lowest BCUT2D eigenvalue weighted by molar-refractivity contribution is -0.117. The number of para-hydroxylation sites is 1. The van der Waals surface area contributed by atoms with Crippen LogP contribution in [0.3, 0.4) is 0 Å². The van der Waals surface area contributed by atoms with Crippen LogP contribution in [-0.2, 0) is 18.4 Å². The first-order valence-electron chi connectivity index (χ1n) is 9.99. The number of nitrogens with zero attached hydrogens (tertiary/aromatic N) is 5. The molecule has 0 fully saturated rings. The van der Waals surface area contributed by atoms with Crippen molar-refractivity contribution in [2.24, 2.45) is 7.05 Å². The van der Waals surface area contributed by atoms with Gasteiger partial charge < -0.3 is 5.32 Å². The van der Waals surface area contributed by atoms with Gasteiger partial charge in [-0.15, -0.1) is 10.2 Å². The van der Waals surface area contributed by atoms with Gasteiger partial charge >= 0.3 is 0 Å². The van der Waals surface area contributed by atoms with Gasteiger partial charge in [0.1, 0.15) is 0 Å². The SMILES string of the molecule is CCN(CC(=O)Nc1cc(Cl)ccc1C)Cc1nnc2n(C)c(=O)c3ccccc3n12. The Bertz CT molecular complexity index is 1340. The van der Waals surface area contributed by atoms with E-state index >= 15 is 0 Å². The summed E-state index contributed by atoms with van der Waals surface area (Å²) in [5, 5.41) is 12.6. The van der Waals surface area contributed by atoms with Gasteiger partial charge in [0, 0.05) is 17.8 Å². The zero-order valence-electron chi connectivity index (χ0n) is 17.6. The van der Waals surface area contributed by atoms with E-state index in [4.69, 9.17) is 11.6 Å². The van der Waals surface area contributed by atoms with Crippen LogP contribution in [-0.4, -0.2) is 43.1 Å². The van der Waals surface area contributed by atoms with Crippen molar-refractivity contribution >= 4 is 39.9 Å². The standard InChI is InChI=1S/C22H23ClN6O2/c1-4-28(13-20(30)24-17-11-15(23)10-9-14(17)2)12-19-25-26-22-27(3)21(31)16-7-5-6-8-18(16)29(19)22/h5-11H,4,12-13H2,1-3H3,(H,24,30). The van der Waals surface area contributed by atoms with Crippen LogP contribution >= 0.6 is 11.6 Å². The molecule has 2 aromatic heterocycles. The molecule has 1 amide bonds. The van der Waals surface area contributed by atoms with E-state index in [0.29, 0.717) is 40.8 Å². The Balaban J connectivity index is 1.61. The number of hydrogen-bond acceptors (Lipinski definition) is 5. The van der Waals surface area contributed by atoms with Crippen LogP contribution in [0.1, 0.15) is 18.3 Å². The van der Waals surface area contributed by atoms with Gasteiger partial charge in [-0.25, -0.2) is 0 Å². The molecule has 0 saturated heterocycles. The monoisotopic (exact) mass is 438 g/mol. The average molecular weight is 439 g/mol. The highest BCUT2D eigenvalue weighted by atomic mass is 35.5. The van der Waals surface area contributed by atoms with Crippen LogP contribution in [0.5, 0.6) is 0 Å². The van der Waals surface area contributed by atoms with Crippen molar-refractivity contribution in [1.82, 2.24) is 24.1 Å². The van der Waals surface area contributed by atoms with Gasteiger partial charge in [0.25, 0.3) is 5.56 Å². The number of anilines is 1. The molecule has 0 bridgehead atoms. The lowest BCUT2D eigenvalue weighted by atomic mass is 10.2. The molecule has 0 aliphatic rings. The van der Waals surface area contributed by atoms with Crippen molar-refractivity contribution in [1.29, 1.82) is 0 Å². The number of benzene rings is 2. The minimum absolute atomic E-state index is 0.120. The second-order valence-corrected chi connectivity index (χ2v) is 7.88. The molecule has 2 aromatic carbocycles. The van der Waals surface area contributed by atoms with E-state index < -0.39 is 0 Å². The number of halogens is 1. The zero-order valence-corrected chi connectivity index (χ0v) is 18.3. The molecular weight excluding hydrogens is 416 g/mol. The van der Waals surface area contributed by atoms with Crippen molar-refractivity contribution in [2.45, 2.75) is 20.4 Å². The highest BCUT2D eigenvalue weighted by Crippen LogP contribution is 2.20. The van der Waals surface area contributed by atoms with Crippen LogP contribution in [0.4, 0.5) is 5.69 Å². The van der Waals surface area contributed by atoms with E-state index in [-0.39, 0.29) is 18.0 Å². The van der Waals surface area contributed by atoms with E-state index in [9.17, 15) is 9.59 Å². The number of rotatable bonds is 6. The van der Waals surface area contributed by atoms with E-state index in [2.05, 4.69) is 15.5 Å². The predicted octanol–water partition coefficient (Wildman–Crippen LogP) is 3.00. The van der Waals surface area contributed by atoms with E-state index in [1.54, 1.807) is 25.2 Å². The van der Waals surface area contributed by atoms with Crippen LogP contribution < -0.4 is 10.9 Å². The second kappa shape index (κ2) is 8.49. The third-order valence-corrected chi connectivity index (χ3v) is 5.58. The first-order chi connectivity index (χ1) is 14.9. The molecule has 2 heterocycles. The number of carbonyl (C=O) groups is 1. The molecule has 9 heteroatoms. The molecular formula is C22H23ClN6O2. The second-order valence-electron chi connectivity index (χ2n) is 7.44. The number of carbonyl (C=O) groups excluding carboxylic acids is 1. The molecule has 0 radical (unpaired) electrons. The summed E-state index contributed by atoms with van der Waals surface area (Å²) < 4.78 is 3.36. The van der Waals surface area contributed by atoms with Gasteiger partial charge in [-0.1, -0.05) is 36.7 Å². The summed E-state index contributed by atoms with van der Waals surface area (Å²) in [6.45, 7) is 5.12. The smallest absolute Gasteiger partial charge is 0.262 e. The lowest BCUT2D eigenvalue weighted by Crippen LogP contribution is -2.33. The van der Waals surface area contributed by atoms with E-state index in [1.165, 1.54) is 4.57 Å². The summed E-state index contributed by atoms with van der Waals surface area (Å²) in [6, 6.07) is 12.8. The Kier molecular flexibility index (Phi) is 5.75. The molecule has 0 atom stereocenters. The fourth-order valence-corrected chi connectivity index (χ4v) is 3.77. The van der Waals surface area contributed by atoms with Crippen molar-refractivity contribution in [3.63, 3.8) is 0 Å². The molecule has 0 aliphatic heterocycles. The molecule has 8 nitrogen and oxygen atoms in total. The molecule has 0 unspecified atom stereocenters. The van der Waals surface area contributed by atoms with Gasteiger partial charge in [0.2, 0.25) is 11.7 Å². The summed E-state index contributed by atoms with van der Waals surface area (Å²) >= 11 is 6.05. The van der Waals surface area contributed by atoms with E-state index in [1.807, 2.05) is 47.4 Å². The Labute approximate surface area is 184 Å². The van der Waals surface area contributed by atoms with Crippen molar-refractivity contribution in [2.75, 3.05) is 18.4 Å². The molecule has 1 N–H and O–H groups in total. The minimum atomic E-state index is -0.140. The molecule has 0 aliphatic carbocycles. The van der Waals surface area contributed by atoms with E-state index in [0.717, 1.165) is 11.1 Å². The van der Waals surface area contributed by atoms with Crippen LogP contribution in [0.2, 0.25) is 5.02 Å². The summed E-state index contributed by atoms with van der Waals surface area (Å²) in [5.74, 6) is 0.988. The van der Waals surface area contributed by atoms with Crippen molar-refractivity contribution in [3.8, 4) is 0 Å². The Morgan fingerprint density at radius 1 is 1.19 bits per heavy atom. The highest BCUT2D eigenvalue weighted by molar-refractivity contribution is 6.31. The quantitative estimate of drug-likeness (QED) is 0.500. The fourth-order valence-electron chi connectivity index (χ4n) is 3.60. The van der Waals surface area contributed by atoms with Crippen LogP contribution in [0, 0.1) is 6.92 Å². The summed E-state index contributed by atoms with van der Waals surface area (Å²) in [5.41, 5.74) is 2.26. The normalized spacial score (nSPS) is 11.5. The predicted molar refractivity (Wildman–Crippen MR) is 122 cm³/mol. The summed E-state index contributed by atoms with van der Waals surface area (Å²) in [7, 11) is 1.68. The first kappa shape index (κ1) is 21.0. The lowest BCUT2D eigenvalue weighted by Gasteiger charge is -2.19. The average Bonchev–Trinajstić information content (AvgIpc) is 3.18. The Morgan fingerprint density at radius 2 is 1.97 bits per heavy atom. The topological polar surface area (TPSA) is 84.5 Å². The third-order valence-electron chi connectivity index (χ3n) is 5.35.